The number of likely N-dealkylation sites (N-methyl/N-ethyl adjacent to an activating group) is 1. The number of nitrogens with two attached hydrogens (primary N) is 1. The van der Waals surface area contributed by atoms with Crippen molar-refractivity contribution >= 4 is 23.2 Å². The zero-order chi connectivity index (χ0) is 32.7. The smallest absolute Gasteiger partial charge is 0.255 e. The minimum atomic E-state index is -2.70. The van der Waals surface area contributed by atoms with E-state index in [0.717, 1.165) is 5.56 Å². The Balaban J connectivity index is 1.83. The summed E-state index contributed by atoms with van der Waals surface area (Å²) in [6, 6.07) is 1.97. The molecule has 1 aromatic carbocycles. The van der Waals surface area contributed by atoms with Gasteiger partial charge in [0.25, 0.3) is 5.91 Å². The van der Waals surface area contributed by atoms with E-state index in [0.29, 0.717) is 24.8 Å². The molecule has 4 rings (SSSR count). The number of phenols is 1. The maximum atomic E-state index is 14.0. The molecule has 1 fully saturated rings. The van der Waals surface area contributed by atoms with E-state index in [1.165, 1.54) is 32.3 Å². The fraction of sp³-hybridized carbons (Fsp3) is 0.581. The number of benzene rings is 1. The summed E-state index contributed by atoms with van der Waals surface area (Å²) in [6.45, 7) is -0.197. The van der Waals surface area contributed by atoms with Crippen LogP contribution in [0.1, 0.15) is 36.0 Å². The van der Waals surface area contributed by atoms with Crippen LogP contribution in [0.15, 0.2) is 29.0 Å². The first kappa shape index (κ1) is 33.6. The third kappa shape index (κ3) is 5.52. The molecule has 0 spiro atoms. The number of ketones is 2. The van der Waals surface area contributed by atoms with Crippen molar-refractivity contribution in [1.82, 2.24) is 4.90 Å². The molecule has 7 N–H and O–H groups in total. The molecule has 0 saturated heterocycles. The fourth-order valence-electron chi connectivity index (χ4n) is 7.25. The minimum Gasteiger partial charge on any atom is -0.508 e. The van der Waals surface area contributed by atoms with Crippen LogP contribution in [-0.4, -0.2) is 114 Å². The lowest BCUT2D eigenvalue weighted by molar-refractivity contribution is -0.153. The Hall–Kier alpha value is -3.33. The maximum absolute atomic E-state index is 14.0. The van der Waals surface area contributed by atoms with Crippen molar-refractivity contribution < 1.29 is 54.1 Å². The van der Waals surface area contributed by atoms with E-state index in [4.69, 9.17) is 19.9 Å². The number of nitrogens with zero attached hydrogens (tertiary/aromatic N) is 1. The fourth-order valence-corrected chi connectivity index (χ4v) is 7.25. The van der Waals surface area contributed by atoms with Gasteiger partial charge >= 0.3 is 0 Å². The molecule has 1 saturated carbocycles. The Kier molecular flexibility index (Phi) is 9.88. The Morgan fingerprint density at radius 2 is 1.75 bits per heavy atom. The number of methoxy groups -OCH3 is 3. The molecule has 0 heterocycles. The monoisotopic (exact) mass is 618 g/mol. The van der Waals surface area contributed by atoms with Crippen LogP contribution in [0.3, 0.4) is 0 Å². The number of amides is 1. The lowest BCUT2D eigenvalue weighted by atomic mass is 9.57. The van der Waals surface area contributed by atoms with Gasteiger partial charge in [-0.2, -0.15) is 0 Å². The first-order valence-electron chi connectivity index (χ1n) is 14.4. The summed E-state index contributed by atoms with van der Waals surface area (Å²) in [5.41, 5.74) is 3.00. The molecule has 44 heavy (non-hydrogen) atoms. The number of aromatic hydroxyl groups is 1. The van der Waals surface area contributed by atoms with E-state index in [9.17, 15) is 39.9 Å². The number of carbonyl (C=O) groups is 3. The molecule has 1 aromatic rings. The van der Waals surface area contributed by atoms with Gasteiger partial charge in [-0.15, -0.1) is 0 Å². The molecular weight excluding hydrogens is 576 g/mol. The van der Waals surface area contributed by atoms with Crippen LogP contribution in [-0.2, 0) is 41.4 Å². The van der Waals surface area contributed by atoms with Gasteiger partial charge in [0.1, 0.15) is 22.8 Å². The number of ether oxygens (including phenoxy) is 3. The standard InChI is InChI=1S/C31H42N2O11/c1-33(2)25-19-12-16-11-18-15(8-14(9-17(13-34)42-3)10-21(43-4)44-5)6-7-20(35)23(18)26(36)22(16)28(38)31(19,41)29(39)24(27(25)37)30(32)40/h6-7,14,16-17,19,21,25,34-36,39,41H,8-13H2,1-5H3,(H2,32,40)/t14?,16-,17?,19-,25-,31-/m1/s1. The molecule has 1 amide bonds. The molecule has 242 valence electrons. The van der Waals surface area contributed by atoms with E-state index in [2.05, 4.69) is 0 Å². The van der Waals surface area contributed by atoms with Gasteiger partial charge in [0.15, 0.2) is 17.7 Å². The van der Waals surface area contributed by atoms with Crippen molar-refractivity contribution in [3.63, 3.8) is 0 Å². The number of rotatable bonds is 12. The topological polar surface area (TPSA) is 209 Å². The van der Waals surface area contributed by atoms with E-state index >= 15 is 0 Å². The lowest BCUT2D eigenvalue weighted by Gasteiger charge is -2.50. The van der Waals surface area contributed by atoms with Gasteiger partial charge in [0, 0.05) is 39.2 Å². The van der Waals surface area contributed by atoms with Crippen LogP contribution in [0.25, 0.3) is 5.76 Å². The molecule has 6 atom stereocenters. The highest BCUT2D eigenvalue weighted by atomic mass is 16.7. The zero-order valence-corrected chi connectivity index (χ0v) is 25.6. The average Bonchev–Trinajstić information content (AvgIpc) is 2.97. The van der Waals surface area contributed by atoms with Gasteiger partial charge in [0.05, 0.1) is 24.3 Å². The van der Waals surface area contributed by atoms with Crippen LogP contribution in [0.4, 0.5) is 0 Å². The molecule has 0 bridgehead atoms. The minimum absolute atomic E-state index is 0.00400. The second-order valence-corrected chi connectivity index (χ2v) is 12.0. The summed E-state index contributed by atoms with van der Waals surface area (Å²) in [5.74, 6) is -7.09. The van der Waals surface area contributed by atoms with Crippen molar-refractivity contribution in [2.45, 2.75) is 56.1 Å². The first-order chi connectivity index (χ1) is 20.8. The Bertz CT molecular complexity index is 1360. The molecule has 13 heteroatoms. The average molecular weight is 619 g/mol. The maximum Gasteiger partial charge on any atom is 0.255 e. The molecule has 0 radical (unpaired) electrons. The lowest BCUT2D eigenvalue weighted by Crippen LogP contribution is -2.65. The predicted molar refractivity (Wildman–Crippen MR) is 156 cm³/mol. The number of primary amides is 1. The molecule has 3 aliphatic rings. The van der Waals surface area contributed by atoms with Crippen LogP contribution >= 0.6 is 0 Å². The van der Waals surface area contributed by atoms with E-state index in [1.54, 1.807) is 20.2 Å². The largest absolute Gasteiger partial charge is 0.508 e. The van der Waals surface area contributed by atoms with Gasteiger partial charge in [-0.3, -0.25) is 19.3 Å². The number of fused-ring (bicyclic) bond motifs is 3. The molecule has 3 aliphatic carbocycles. The van der Waals surface area contributed by atoms with Crippen molar-refractivity contribution in [2.24, 2.45) is 23.5 Å². The van der Waals surface area contributed by atoms with Gasteiger partial charge in [0.2, 0.25) is 5.78 Å². The van der Waals surface area contributed by atoms with E-state index in [-0.39, 0.29) is 42.3 Å². The molecular formula is C31H42N2O11. The third-order valence-electron chi connectivity index (χ3n) is 9.39. The number of hydrogen-bond acceptors (Lipinski definition) is 12. The molecule has 0 aliphatic heterocycles. The van der Waals surface area contributed by atoms with Crippen LogP contribution in [0.5, 0.6) is 5.75 Å². The zero-order valence-electron chi connectivity index (χ0n) is 25.6. The van der Waals surface area contributed by atoms with Crippen molar-refractivity contribution in [2.75, 3.05) is 42.0 Å². The number of hydrogen-bond donors (Lipinski definition) is 6. The Labute approximate surface area is 255 Å². The second-order valence-electron chi connectivity index (χ2n) is 12.0. The van der Waals surface area contributed by atoms with Gasteiger partial charge in [-0.25, -0.2) is 0 Å². The highest BCUT2D eigenvalue weighted by Crippen LogP contribution is 2.53. The summed E-state index contributed by atoms with van der Waals surface area (Å²) in [5, 5.41) is 55.0. The number of Topliss-reactive ketones (excluding diaryl/α,β-unsaturated/α-hetero) is 2. The molecule has 13 nitrogen and oxygen atoms in total. The number of carbonyl (C=O) groups excluding carboxylic acids is 3. The summed E-state index contributed by atoms with van der Waals surface area (Å²) in [6.07, 6.45) is 0.520. The Morgan fingerprint density at radius 1 is 1.09 bits per heavy atom. The van der Waals surface area contributed by atoms with Crippen molar-refractivity contribution in [1.29, 1.82) is 0 Å². The molecule has 0 aromatic heterocycles. The van der Waals surface area contributed by atoms with Crippen LogP contribution in [0.2, 0.25) is 0 Å². The summed E-state index contributed by atoms with van der Waals surface area (Å²) in [7, 11) is 7.66. The summed E-state index contributed by atoms with van der Waals surface area (Å²) in [4.78, 5) is 41.0. The van der Waals surface area contributed by atoms with E-state index in [1.807, 2.05) is 0 Å². The summed E-state index contributed by atoms with van der Waals surface area (Å²) >= 11 is 0. The SMILES string of the molecule is COC(CO)CC(Cc1ccc(O)c2c1C[C@@H]1C[C@@H]3[C@@H](N(C)C)C(=O)C(C(N)=O)=C(O)[C@]3(O)C(=O)C1=C2O)CC(OC)OC. The number of aliphatic hydroxyl groups is 4. The second kappa shape index (κ2) is 13.0. The molecule has 2 unspecified atom stereocenters. The number of phenolic OH excluding ortho intramolecular Hbond substituents is 1. The normalized spacial score (nSPS) is 26.5. The van der Waals surface area contributed by atoms with E-state index < -0.39 is 70.4 Å². The van der Waals surface area contributed by atoms with Gasteiger partial charge < -0.3 is 45.5 Å². The van der Waals surface area contributed by atoms with Crippen LogP contribution in [0, 0.1) is 17.8 Å². The van der Waals surface area contributed by atoms with Crippen molar-refractivity contribution in [3.8, 4) is 5.75 Å². The highest BCUT2D eigenvalue weighted by molar-refractivity contribution is 6.24. The van der Waals surface area contributed by atoms with Gasteiger partial charge in [-0.05, 0) is 68.8 Å². The number of aliphatic hydroxyl groups excluding tert-OH is 3. The Morgan fingerprint density at radius 3 is 2.30 bits per heavy atom. The summed E-state index contributed by atoms with van der Waals surface area (Å²) < 4.78 is 16.2. The van der Waals surface area contributed by atoms with Gasteiger partial charge in [-0.1, -0.05) is 6.07 Å². The predicted octanol–water partition coefficient (Wildman–Crippen LogP) is 0.529. The third-order valence-corrected chi connectivity index (χ3v) is 9.39. The first-order valence-corrected chi connectivity index (χ1v) is 14.4. The highest BCUT2D eigenvalue weighted by Gasteiger charge is 2.64. The van der Waals surface area contributed by atoms with Crippen molar-refractivity contribution in [3.05, 3.63) is 45.7 Å². The van der Waals surface area contributed by atoms with Crippen LogP contribution < -0.4 is 5.73 Å². The quantitative estimate of drug-likeness (QED) is 0.140.